The molecule has 126 valence electrons. The maximum absolute atomic E-state index is 11.4. The topological polar surface area (TPSA) is 53.6 Å². The van der Waals surface area contributed by atoms with Crippen LogP contribution in [0.15, 0.2) is 0 Å². The molecule has 0 radical (unpaired) electrons. The van der Waals surface area contributed by atoms with Crippen LogP contribution in [0, 0.1) is 0 Å². The summed E-state index contributed by atoms with van der Waals surface area (Å²) in [6.07, 6.45) is 3.00. The molecule has 0 heterocycles. The first kappa shape index (κ1) is 20.2. The van der Waals surface area contributed by atoms with Gasteiger partial charge in [-0.15, -0.1) is 0 Å². The van der Waals surface area contributed by atoms with Gasteiger partial charge in [-0.25, -0.2) is 4.79 Å². The van der Waals surface area contributed by atoms with E-state index in [1.807, 2.05) is 20.8 Å². The molecule has 0 saturated carbocycles. The van der Waals surface area contributed by atoms with Crippen molar-refractivity contribution in [3.8, 4) is 0 Å². The minimum Gasteiger partial charge on any atom is -0.444 e. The Bertz CT molecular complexity index is 275. The highest BCUT2D eigenvalue weighted by Gasteiger charge is 2.15. The largest absolute Gasteiger partial charge is 0.444 e. The summed E-state index contributed by atoms with van der Waals surface area (Å²) in [6.45, 7) is 13.8. The molecule has 0 aromatic heterocycles. The fraction of sp³-hybridized carbons (Fsp3) is 0.938. The summed E-state index contributed by atoms with van der Waals surface area (Å²) in [5.74, 6) is 0. The number of hydrogen-bond acceptors (Lipinski definition) is 4. The first-order valence-corrected chi connectivity index (χ1v) is 8.10. The number of alkyl carbamates (subject to hydrolysis) is 1. The molecule has 0 aliphatic rings. The van der Waals surface area contributed by atoms with Crippen molar-refractivity contribution in [2.75, 3.05) is 33.2 Å². The zero-order valence-electron chi connectivity index (χ0n) is 14.8. The molecule has 0 spiro atoms. The molecule has 21 heavy (non-hydrogen) atoms. The van der Waals surface area contributed by atoms with E-state index in [1.54, 1.807) is 0 Å². The quantitative estimate of drug-likeness (QED) is 0.609. The number of carbonyl (C=O) groups is 1. The van der Waals surface area contributed by atoms with Gasteiger partial charge in [0.05, 0.1) is 0 Å². The maximum Gasteiger partial charge on any atom is 0.407 e. The molecule has 0 aliphatic carbocycles. The first-order valence-electron chi connectivity index (χ1n) is 8.10. The van der Waals surface area contributed by atoms with Crippen molar-refractivity contribution in [1.29, 1.82) is 0 Å². The summed E-state index contributed by atoms with van der Waals surface area (Å²) in [5, 5.41) is 6.16. The highest BCUT2D eigenvalue weighted by Crippen LogP contribution is 2.06. The van der Waals surface area contributed by atoms with Crippen LogP contribution in [0.3, 0.4) is 0 Å². The number of rotatable bonds is 10. The smallest absolute Gasteiger partial charge is 0.407 e. The number of nitrogens with one attached hydrogen (secondary N) is 2. The van der Waals surface area contributed by atoms with Crippen LogP contribution < -0.4 is 10.6 Å². The van der Waals surface area contributed by atoms with E-state index in [-0.39, 0.29) is 6.09 Å². The lowest BCUT2D eigenvalue weighted by Gasteiger charge is -2.20. The van der Waals surface area contributed by atoms with Crippen LogP contribution in [0.1, 0.15) is 53.9 Å². The zero-order chi connectivity index (χ0) is 16.3. The van der Waals surface area contributed by atoms with E-state index in [2.05, 4.69) is 36.4 Å². The number of amides is 1. The van der Waals surface area contributed by atoms with Crippen molar-refractivity contribution >= 4 is 6.09 Å². The molecule has 0 bridgehead atoms. The average molecular weight is 301 g/mol. The van der Waals surface area contributed by atoms with Gasteiger partial charge < -0.3 is 20.3 Å². The van der Waals surface area contributed by atoms with Crippen molar-refractivity contribution in [2.45, 2.75) is 65.5 Å². The van der Waals surface area contributed by atoms with Crippen molar-refractivity contribution in [1.82, 2.24) is 15.5 Å². The lowest BCUT2D eigenvalue weighted by molar-refractivity contribution is 0.0527. The van der Waals surface area contributed by atoms with Gasteiger partial charge in [-0.3, -0.25) is 0 Å². The van der Waals surface area contributed by atoms with Crippen LogP contribution in [0.5, 0.6) is 0 Å². The second-order valence-electron chi connectivity index (χ2n) is 6.81. The molecule has 0 saturated heterocycles. The average Bonchev–Trinajstić information content (AvgIpc) is 2.34. The first-order chi connectivity index (χ1) is 9.72. The number of ether oxygens (including phenoxy) is 1. The normalized spacial score (nSPS) is 12.0. The molecule has 0 atom stereocenters. The Morgan fingerprint density at radius 1 is 1.10 bits per heavy atom. The van der Waals surface area contributed by atoms with Crippen LogP contribution in [0.2, 0.25) is 0 Å². The van der Waals surface area contributed by atoms with Gasteiger partial charge in [0.1, 0.15) is 5.60 Å². The fourth-order valence-corrected chi connectivity index (χ4v) is 1.71. The van der Waals surface area contributed by atoms with E-state index in [0.29, 0.717) is 12.6 Å². The second-order valence-corrected chi connectivity index (χ2v) is 6.81. The van der Waals surface area contributed by atoms with Crippen LogP contribution in [-0.4, -0.2) is 55.9 Å². The summed E-state index contributed by atoms with van der Waals surface area (Å²) < 4.78 is 5.16. The van der Waals surface area contributed by atoms with E-state index < -0.39 is 5.60 Å². The monoisotopic (exact) mass is 301 g/mol. The standard InChI is InChI=1S/C16H35N3O2/c1-14(2)19(6)13-8-7-10-17-11-9-12-18-15(20)21-16(3,4)5/h14,17H,7-13H2,1-6H3,(H,18,20). The minimum absolute atomic E-state index is 0.334. The summed E-state index contributed by atoms with van der Waals surface area (Å²) >= 11 is 0. The van der Waals surface area contributed by atoms with Crippen molar-refractivity contribution < 1.29 is 9.53 Å². The van der Waals surface area contributed by atoms with Gasteiger partial charge in [-0.1, -0.05) is 0 Å². The number of unbranched alkanes of at least 4 members (excludes halogenated alkanes) is 1. The van der Waals surface area contributed by atoms with Gasteiger partial charge in [0.15, 0.2) is 0 Å². The fourth-order valence-electron chi connectivity index (χ4n) is 1.71. The molecule has 0 fully saturated rings. The summed E-state index contributed by atoms with van der Waals surface area (Å²) in [7, 11) is 2.17. The Kier molecular flexibility index (Phi) is 10.4. The Balaban J connectivity index is 3.32. The SMILES string of the molecule is CC(C)N(C)CCCCNCCCNC(=O)OC(C)(C)C. The molecule has 0 aliphatic heterocycles. The van der Waals surface area contributed by atoms with Crippen LogP contribution in [0.4, 0.5) is 4.79 Å². The number of hydrogen-bond donors (Lipinski definition) is 2. The third-order valence-corrected chi connectivity index (χ3v) is 3.19. The summed E-state index contributed by atoms with van der Waals surface area (Å²) in [6, 6.07) is 0.622. The third kappa shape index (κ3) is 13.9. The molecule has 0 rings (SSSR count). The van der Waals surface area contributed by atoms with Crippen LogP contribution in [0.25, 0.3) is 0 Å². The maximum atomic E-state index is 11.4. The van der Waals surface area contributed by atoms with E-state index in [4.69, 9.17) is 4.74 Å². The van der Waals surface area contributed by atoms with Crippen LogP contribution >= 0.6 is 0 Å². The molecule has 0 aromatic carbocycles. The lowest BCUT2D eigenvalue weighted by atomic mass is 10.2. The van der Waals surface area contributed by atoms with Crippen molar-refractivity contribution in [2.24, 2.45) is 0 Å². The Hall–Kier alpha value is -0.810. The highest BCUT2D eigenvalue weighted by molar-refractivity contribution is 5.67. The van der Waals surface area contributed by atoms with Gasteiger partial charge in [0.2, 0.25) is 0 Å². The van der Waals surface area contributed by atoms with Crippen LogP contribution in [-0.2, 0) is 4.74 Å². The molecule has 0 aromatic rings. The van der Waals surface area contributed by atoms with Gasteiger partial charge in [0, 0.05) is 12.6 Å². The Morgan fingerprint density at radius 2 is 1.71 bits per heavy atom. The third-order valence-electron chi connectivity index (χ3n) is 3.19. The van der Waals surface area contributed by atoms with E-state index >= 15 is 0 Å². The summed E-state index contributed by atoms with van der Waals surface area (Å²) in [4.78, 5) is 13.8. The predicted molar refractivity (Wildman–Crippen MR) is 88.7 cm³/mol. The predicted octanol–water partition coefficient (Wildman–Crippen LogP) is 2.61. The van der Waals surface area contributed by atoms with Crippen molar-refractivity contribution in [3.05, 3.63) is 0 Å². The molecule has 5 heteroatoms. The molecular formula is C16H35N3O2. The molecule has 1 amide bonds. The molecule has 0 unspecified atom stereocenters. The highest BCUT2D eigenvalue weighted by atomic mass is 16.6. The van der Waals surface area contributed by atoms with Gasteiger partial charge in [-0.2, -0.15) is 0 Å². The summed E-state index contributed by atoms with van der Waals surface area (Å²) in [5.41, 5.74) is -0.425. The van der Waals surface area contributed by atoms with E-state index in [1.165, 1.54) is 12.8 Å². The zero-order valence-corrected chi connectivity index (χ0v) is 14.8. The van der Waals surface area contributed by atoms with Gasteiger partial charge in [-0.05, 0) is 80.6 Å². The van der Waals surface area contributed by atoms with Crippen molar-refractivity contribution in [3.63, 3.8) is 0 Å². The molecular weight excluding hydrogens is 266 g/mol. The van der Waals surface area contributed by atoms with Gasteiger partial charge in [0.25, 0.3) is 0 Å². The lowest BCUT2D eigenvalue weighted by Crippen LogP contribution is -2.34. The number of carbonyl (C=O) groups excluding carboxylic acids is 1. The van der Waals surface area contributed by atoms with Gasteiger partial charge >= 0.3 is 6.09 Å². The Labute approximate surface area is 130 Å². The molecule has 5 nitrogen and oxygen atoms in total. The minimum atomic E-state index is -0.425. The van der Waals surface area contributed by atoms with E-state index in [0.717, 1.165) is 26.1 Å². The Morgan fingerprint density at radius 3 is 2.29 bits per heavy atom. The number of nitrogens with zero attached hydrogens (tertiary/aromatic N) is 1. The van der Waals surface area contributed by atoms with E-state index in [9.17, 15) is 4.79 Å². The molecule has 2 N–H and O–H groups in total. The second kappa shape index (κ2) is 10.9.